The number of carbonyl (C=O) groups is 1. The van der Waals surface area contributed by atoms with Gasteiger partial charge in [-0.2, -0.15) is 0 Å². The summed E-state index contributed by atoms with van der Waals surface area (Å²) in [6, 6.07) is 8.06. The SMILES string of the molecule is COc1ccc(Cc2nnc(SCC(=O)NC3CCCCCCC3)o2)cc1. The Morgan fingerprint density at radius 1 is 1.15 bits per heavy atom. The lowest BCUT2D eigenvalue weighted by atomic mass is 9.97. The van der Waals surface area contributed by atoms with Crippen LogP contribution in [0.2, 0.25) is 0 Å². The van der Waals surface area contributed by atoms with Gasteiger partial charge in [-0.3, -0.25) is 4.79 Å². The Morgan fingerprint density at radius 2 is 1.85 bits per heavy atom. The zero-order valence-corrected chi connectivity index (χ0v) is 16.6. The number of aromatic nitrogens is 2. The minimum absolute atomic E-state index is 0.0421. The molecular weight excluding hydrogens is 362 g/mol. The summed E-state index contributed by atoms with van der Waals surface area (Å²) in [5.41, 5.74) is 1.07. The molecule has 0 saturated heterocycles. The normalized spacial score (nSPS) is 15.7. The van der Waals surface area contributed by atoms with Crippen LogP contribution in [0.5, 0.6) is 5.75 Å². The van der Waals surface area contributed by atoms with Crippen LogP contribution in [-0.4, -0.2) is 35.0 Å². The predicted octanol–water partition coefficient (Wildman–Crippen LogP) is 3.99. The first kappa shape index (κ1) is 19.7. The summed E-state index contributed by atoms with van der Waals surface area (Å²) in [4.78, 5) is 12.2. The molecule has 3 rings (SSSR count). The highest BCUT2D eigenvalue weighted by Crippen LogP contribution is 2.20. The summed E-state index contributed by atoms with van der Waals surface area (Å²) in [7, 11) is 1.64. The molecule has 0 atom stereocenters. The number of thioether (sulfide) groups is 1. The van der Waals surface area contributed by atoms with Gasteiger partial charge in [0.15, 0.2) is 0 Å². The Kier molecular flexibility index (Phi) is 7.56. The van der Waals surface area contributed by atoms with E-state index >= 15 is 0 Å². The van der Waals surface area contributed by atoms with E-state index in [-0.39, 0.29) is 5.91 Å². The smallest absolute Gasteiger partial charge is 0.277 e. The van der Waals surface area contributed by atoms with Crippen LogP contribution in [0.1, 0.15) is 56.4 Å². The summed E-state index contributed by atoms with van der Waals surface area (Å²) in [6.45, 7) is 0. The molecule has 146 valence electrons. The molecule has 0 radical (unpaired) electrons. The second kappa shape index (κ2) is 10.3. The number of carbonyl (C=O) groups excluding carboxylic acids is 1. The largest absolute Gasteiger partial charge is 0.497 e. The molecule has 0 spiro atoms. The quantitative estimate of drug-likeness (QED) is 0.722. The Balaban J connectivity index is 1.43. The van der Waals surface area contributed by atoms with Crippen LogP contribution in [0.25, 0.3) is 0 Å². The summed E-state index contributed by atoms with van der Waals surface area (Å²) < 4.78 is 10.8. The monoisotopic (exact) mass is 389 g/mol. The first-order chi connectivity index (χ1) is 13.2. The average molecular weight is 390 g/mol. The lowest BCUT2D eigenvalue weighted by Crippen LogP contribution is -2.36. The maximum atomic E-state index is 12.2. The van der Waals surface area contributed by atoms with Gasteiger partial charge in [0.25, 0.3) is 5.22 Å². The predicted molar refractivity (Wildman–Crippen MR) is 105 cm³/mol. The lowest BCUT2D eigenvalue weighted by molar-refractivity contribution is -0.119. The summed E-state index contributed by atoms with van der Waals surface area (Å²) in [6.07, 6.45) is 9.03. The van der Waals surface area contributed by atoms with E-state index in [1.807, 2.05) is 24.3 Å². The number of nitrogens with one attached hydrogen (secondary N) is 1. The third-order valence-electron chi connectivity index (χ3n) is 4.76. The van der Waals surface area contributed by atoms with Crippen molar-refractivity contribution in [3.05, 3.63) is 35.7 Å². The zero-order chi connectivity index (χ0) is 18.9. The van der Waals surface area contributed by atoms with E-state index in [0.717, 1.165) is 24.2 Å². The molecule has 1 amide bonds. The van der Waals surface area contributed by atoms with Gasteiger partial charge in [-0.1, -0.05) is 56.0 Å². The van der Waals surface area contributed by atoms with Crippen molar-refractivity contribution in [1.29, 1.82) is 0 Å². The number of hydrogen-bond donors (Lipinski definition) is 1. The fourth-order valence-corrected chi connectivity index (χ4v) is 3.87. The molecule has 1 aliphatic carbocycles. The van der Waals surface area contributed by atoms with Crippen molar-refractivity contribution in [3.8, 4) is 5.75 Å². The van der Waals surface area contributed by atoms with E-state index in [0.29, 0.717) is 29.3 Å². The molecule has 7 heteroatoms. The van der Waals surface area contributed by atoms with Crippen molar-refractivity contribution in [2.75, 3.05) is 12.9 Å². The Morgan fingerprint density at radius 3 is 2.56 bits per heavy atom. The highest BCUT2D eigenvalue weighted by Gasteiger charge is 2.15. The van der Waals surface area contributed by atoms with Crippen LogP contribution in [0.4, 0.5) is 0 Å². The number of benzene rings is 1. The molecule has 1 heterocycles. The zero-order valence-electron chi connectivity index (χ0n) is 15.8. The van der Waals surface area contributed by atoms with Gasteiger partial charge in [-0.25, -0.2) is 0 Å². The van der Waals surface area contributed by atoms with Crippen molar-refractivity contribution < 1.29 is 13.9 Å². The van der Waals surface area contributed by atoms with Crippen molar-refractivity contribution in [2.45, 2.75) is 62.6 Å². The van der Waals surface area contributed by atoms with Gasteiger partial charge in [0, 0.05) is 6.04 Å². The van der Waals surface area contributed by atoms with Crippen molar-refractivity contribution in [1.82, 2.24) is 15.5 Å². The Labute approximate surface area is 164 Å². The number of rotatable bonds is 7. The molecule has 0 bridgehead atoms. The standard InChI is InChI=1S/C20H27N3O3S/c1-25-17-11-9-15(10-12-17)13-19-22-23-20(26-19)27-14-18(24)21-16-7-5-3-2-4-6-8-16/h9-12,16H,2-8,13-14H2,1H3,(H,21,24). The van der Waals surface area contributed by atoms with Crippen LogP contribution in [0.15, 0.2) is 33.9 Å². The van der Waals surface area contributed by atoms with Crippen LogP contribution >= 0.6 is 11.8 Å². The minimum atomic E-state index is 0.0421. The molecule has 0 unspecified atom stereocenters. The maximum absolute atomic E-state index is 12.2. The first-order valence-electron chi connectivity index (χ1n) is 9.60. The summed E-state index contributed by atoms with van der Waals surface area (Å²) >= 11 is 1.29. The summed E-state index contributed by atoms with van der Waals surface area (Å²) in [5, 5.41) is 11.7. The van der Waals surface area contributed by atoms with Crippen LogP contribution in [0.3, 0.4) is 0 Å². The van der Waals surface area contributed by atoms with Crippen LogP contribution < -0.4 is 10.1 Å². The van der Waals surface area contributed by atoms with Gasteiger partial charge >= 0.3 is 0 Å². The third-order valence-corrected chi connectivity index (χ3v) is 5.58. The number of amides is 1. The third kappa shape index (κ3) is 6.57. The molecule has 2 aromatic rings. The van der Waals surface area contributed by atoms with E-state index in [9.17, 15) is 4.79 Å². The maximum Gasteiger partial charge on any atom is 0.277 e. The molecule has 1 aromatic carbocycles. The highest BCUT2D eigenvalue weighted by molar-refractivity contribution is 7.99. The molecule has 6 nitrogen and oxygen atoms in total. The van der Waals surface area contributed by atoms with Crippen molar-refractivity contribution >= 4 is 17.7 Å². The fourth-order valence-electron chi connectivity index (χ4n) is 3.28. The number of ether oxygens (including phenoxy) is 1. The molecule has 1 fully saturated rings. The lowest BCUT2D eigenvalue weighted by Gasteiger charge is -2.20. The average Bonchev–Trinajstić information content (AvgIpc) is 3.10. The van der Waals surface area contributed by atoms with E-state index in [4.69, 9.17) is 9.15 Å². The minimum Gasteiger partial charge on any atom is -0.497 e. The van der Waals surface area contributed by atoms with Gasteiger partial charge in [-0.15, -0.1) is 10.2 Å². The van der Waals surface area contributed by atoms with Gasteiger partial charge in [0.1, 0.15) is 5.75 Å². The van der Waals surface area contributed by atoms with Gasteiger partial charge < -0.3 is 14.5 Å². The first-order valence-corrected chi connectivity index (χ1v) is 10.6. The Bertz CT molecular complexity index is 710. The second-order valence-corrected chi connectivity index (χ2v) is 7.81. The van der Waals surface area contributed by atoms with E-state index in [2.05, 4.69) is 15.5 Å². The molecule has 1 saturated carbocycles. The highest BCUT2D eigenvalue weighted by atomic mass is 32.2. The molecule has 1 aromatic heterocycles. The van der Waals surface area contributed by atoms with Gasteiger partial charge in [-0.05, 0) is 30.5 Å². The molecule has 0 aliphatic heterocycles. The van der Waals surface area contributed by atoms with Gasteiger partial charge in [0.2, 0.25) is 11.8 Å². The molecule has 1 aliphatic rings. The van der Waals surface area contributed by atoms with E-state index in [1.54, 1.807) is 7.11 Å². The van der Waals surface area contributed by atoms with Crippen molar-refractivity contribution in [2.24, 2.45) is 0 Å². The van der Waals surface area contributed by atoms with E-state index in [1.165, 1.54) is 43.9 Å². The topological polar surface area (TPSA) is 77.2 Å². The van der Waals surface area contributed by atoms with Crippen LogP contribution in [0, 0.1) is 0 Å². The summed E-state index contributed by atoms with van der Waals surface area (Å²) in [5.74, 6) is 1.71. The Hall–Kier alpha value is -2.02. The molecule has 27 heavy (non-hydrogen) atoms. The van der Waals surface area contributed by atoms with E-state index < -0.39 is 0 Å². The van der Waals surface area contributed by atoms with Gasteiger partial charge in [0.05, 0.1) is 19.3 Å². The van der Waals surface area contributed by atoms with Crippen molar-refractivity contribution in [3.63, 3.8) is 0 Å². The fraction of sp³-hybridized carbons (Fsp3) is 0.550. The molecular formula is C20H27N3O3S. The molecule has 1 N–H and O–H groups in total. The number of methoxy groups -OCH3 is 1. The second-order valence-electron chi connectivity index (χ2n) is 6.88. The number of nitrogens with zero attached hydrogens (tertiary/aromatic N) is 2. The van der Waals surface area contributed by atoms with Crippen LogP contribution in [-0.2, 0) is 11.2 Å². The number of hydrogen-bond acceptors (Lipinski definition) is 6.